The van der Waals surface area contributed by atoms with Crippen molar-refractivity contribution < 1.29 is 0 Å². The lowest BCUT2D eigenvalue weighted by atomic mass is 10.1. The van der Waals surface area contributed by atoms with Crippen molar-refractivity contribution in [3.8, 4) is 11.3 Å². The van der Waals surface area contributed by atoms with E-state index < -0.39 is 0 Å². The standard InChI is InChI=1S/C11H11ClN2S/c1-14-11(6-10(7-15)13-14)8-2-4-9(12)5-3-8/h2-6,15H,7H2,1H3. The van der Waals surface area contributed by atoms with E-state index in [1.807, 2.05) is 42.1 Å². The zero-order valence-corrected chi connectivity index (χ0v) is 9.96. The Morgan fingerprint density at radius 2 is 2.00 bits per heavy atom. The minimum Gasteiger partial charge on any atom is -0.268 e. The highest BCUT2D eigenvalue weighted by Gasteiger charge is 2.05. The number of aryl methyl sites for hydroxylation is 1. The van der Waals surface area contributed by atoms with Gasteiger partial charge in [0.25, 0.3) is 0 Å². The molecular formula is C11H11ClN2S. The quantitative estimate of drug-likeness (QED) is 0.796. The van der Waals surface area contributed by atoms with Gasteiger partial charge in [-0.05, 0) is 23.8 Å². The van der Waals surface area contributed by atoms with E-state index >= 15 is 0 Å². The summed E-state index contributed by atoms with van der Waals surface area (Å²) in [6.45, 7) is 0. The number of aromatic nitrogens is 2. The van der Waals surface area contributed by atoms with Crippen molar-refractivity contribution in [2.45, 2.75) is 5.75 Å². The summed E-state index contributed by atoms with van der Waals surface area (Å²) in [5, 5.41) is 5.08. The van der Waals surface area contributed by atoms with E-state index in [1.54, 1.807) is 0 Å². The third kappa shape index (κ3) is 2.19. The lowest BCUT2D eigenvalue weighted by Crippen LogP contribution is -1.93. The van der Waals surface area contributed by atoms with Crippen LogP contribution in [0.15, 0.2) is 30.3 Å². The molecule has 0 aliphatic carbocycles. The number of nitrogens with zero attached hydrogens (tertiary/aromatic N) is 2. The van der Waals surface area contributed by atoms with E-state index in [9.17, 15) is 0 Å². The van der Waals surface area contributed by atoms with Crippen molar-refractivity contribution in [3.05, 3.63) is 41.0 Å². The average Bonchev–Trinajstić information content (AvgIpc) is 2.61. The second-order valence-electron chi connectivity index (χ2n) is 3.31. The first-order chi connectivity index (χ1) is 7.20. The largest absolute Gasteiger partial charge is 0.268 e. The molecular weight excluding hydrogens is 228 g/mol. The molecule has 78 valence electrons. The molecule has 0 radical (unpaired) electrons. The van der Waals surface area contributed by atoms with E-state index in [1.165, 1.54) is 0 Å². The summed E-state index contributed by atoms with van der Waals surface area (Å²) >= 11 is 10.0. The van der Waals surface area contributed by atoms with Crippen LogP contribution in [-0.4, -0.2) is 9.78 Å². The third-order valence-electron chi connectivity index (χ3n) is 2.23. The van der Waals surface area contributed by atoms with Crippen molar-refractivity contribution in [1.29, 1.82) is 0 Å². The molecule has 0 unspecified atom stereocenters. The zero-order chi connectivity index (χ0) is 10.8. The van der Waals surface area contributed by atoms with Crippen molar-refractivity contribution in [3.63, 3.8) is 0 Å². The minimum absolute atomic E-state index is 0.654. The molecule has 0 spiro atoms. The normalized spacial score (nSPS) is 10.6. The van der Waals surface area contributed by atoms with Gasteiger partial charge < -0.3 is 0 Å². The van der Waals surface area contributed by atoms with Gasteiger partial charge in [-0.1, -0.05) is 23.7 Å². The summed E-state index contributed by atoms with van der Waals surface area (Å²) in [6.07, 6.45) is 0. The van der Waals surface area contributed by atoms with Crippen molar-refractivity contribution in [2.24, 2.45) is 7.05 Å². The average molecular weight is 239 g/mol. The number of rotatable bonds is 2. The molecule has 15 heavy (non-hydrogen) atoms. The molecule has 0 saturated carbocycles. The molecule has 4 heteroatoms. The van der Waals surface area contributed by atoms with E-state index in [-0.39, 0.29) is 0 Å². The molecule has 0 aliphatic heterocycles. The Kier molecular flexibility index (Phi) is 3.03. The minimum atomic E-state index is 0.654. The Morgan fingerprint density at radius 3 is 2.53 bits per heavy atom. The van der Waals surface area contributed by atoms with Crippen LogP contribution in [0.5, 0.6) is 0 Å². The number of hydrogen-bond donors (Lipinski definition) is 1. The Labute approximate surface area is 99.3 Å². The summed E-state index contributed by atoms with van der Waals surface area (Å²) in [6, 6.07) is 9.77. The van der Waals surface area contributed by atoms with Gasteiger partial charge in [0.1, 0.15) is 0 Å². The maximum absolute atomic E-state index is 5.84. The molecule has 2 aromatic rings. The van der Waals surface area contributed by atoms with Crippen LogP contribution in [-0.2, 0) is 12.8 Å². The molecule has 2 nitrogen and oxygen atoms in total. The topological polar surface area (TPSA) is 17.8 Å². The molecule has 0 saturated heterocycles. The Morgan fingerprint density at radius 1 is 1.33 bits per heavy atom. The van der Waals surface area contributed by atoms with Crippen molar-refractivity contribution in [2.75, 3.05) is 0 Å². The van der Waals surface area contributed by atoms with E-state index in [2.05, 4.69) is 17.7 Å². The van der Waals surface area contributed by atoms with Gasteiger partial charge in [0.05, 0.1) is 11.4 Å². The lowest BCUT2D eigenvalue weighted by Gasteiger charge is -2.01. The zero-order valence-electron chi connectivity index (χ0n) is 8.31. The van der Waals surface area contributed by atoms with Gasteiger partial charge in [-0.2, -0.15) is 17.7 Å². The second kappa shape index (κ2) is 4.29. The number of hydrogen-bond acceptors (Lipinski definition) is 2. The second-order valence-corrected chi connectivity index (χ2v) is 4.06. The Balaban J connectivity index is 2.44. The fourth-order valence-corrected chi connectivity index (χ4v) is 1.78. The summed E-state index contributed by atoms with van der Waals surface area (Å²) in [4.78, 5) is 0. The molecule has 0 bridgehead atoms. The molecule has 0 fully saturated rings. The van der Waals surface area contributed by atoms with Gasteiger partial charge in [-0.25, -0.2) is 0 Å². The first-order valence-corrected chi connectivity index (χ1v) is 5.61. The number of halogens is 1. The summed E-state index contributed by atoms with van der Waals surface area (Å²) in [5.41, 5.74) is 3.17. The van der Waals surface area contributed by atoms with Crippen LogP contribution >= 0.6 is 24.2 Å². The maximum Gasteiger partial charge on any atom is 0.0727 e. The fourth-order valence-electron chi connectivity index (χ4n) is 1.49. The van der Waals surface area contributed by atoms with Crippen LogP contribution in [0.1, 0.15) is 5.69 Å². The maximum atomic E-state index is 5.84. The molecule has 1 aromatic heterocycles. The molecule has 0 aliphatic rings. The summed E-state index contributed by atoms with van der Waals surface area (Å²) in [7, 11) is 1.93. The van der Waals surface area contributed by atoms with Crippen LogP contribution in [0.3, 0.4) is 0 Å². The summed E-state index contributed by atoms with van der Waals surface area (Å²) in [5.74, 6) is 0.654. The van der Waals surface area contributed by atoms with Crippen molar-refractivity contribution in [1.82, 2.24) is 9.78 Å². The van der Waals surface area contributed by atoms with Gasteiger partial charge >= 0.3 is 0 Å². The van der Waals surface area contributed by atoms with Crippen LogP contribution in [0.2, 0.25) is 5.02 Å². The predicted molar refractivity (Wildman–Crippen MR) is 66.3 cm³/mol. The van der Waals surface area contributed by atoms with Crippen LogP contribution < -0.4 is 0 Å². The monoisotopic (exact) mass is 238 g/mol. The van der Waals surface area contributed by atoms with E-state index in [0.29, 0.717) is 5.75 Å². The Bertz CT molecular complexity index is 462. The number of benzene rings is 1. The highest BCUT2D eigenvalue weighted by Crippen LogP contribution is 2.22. The van der Waals surface area contributed by atoms with Gasteiger partial charge in [0.2, 0.25) is 0 Å². The molecule has 0 amide bonds. The Hall–Kier alpha value is -0.930. The van der Waals surface area contributed by atoms with E-state index in [0.717, 1.165) is 22.0 Å². The molecule has 0 atom stereocenters. The van der Waals surface area contributed by atoms with E-state index in [4.69, 9.17) is 11.6 Å². The highest BCUT2D eigenvalue weighted by molar-refractivity contribution is 7.79. The molecule has 2 rings (SSSR count). The first-order valence-electron chi connectivity index (χ1n) is 4.60. The predicted octanol–water partition coefficient (Wildman–Crippen LogP) is 3.17. The first kappa shape index (κ1) is 10.6. The lowest BCUT2D eigenvalue weighted by molar-refractivity contribution is 0.762. The molecule has 1 heterocycles. The van der Waals surface area contributed by atoms with Gasteiger partial charge in [-0.3, -0.25) is 4.68 Å². The van der Waals surface area contributed by atoms with Crippen molar-refractivity contribution >= 4 is 24.2 Å². The third-order valence-corrected chi connectivity index (χ3v) is 2.81. The smallest absolute Gasteiger partial charge is 0.0727 e. The molecule has 0 N–H and O–H groups in total. The number of thiol groups is 1. The van der Waals surface area contributed by atoms with Crippen LogP contribution in [0.4, 0.5) is 0 Å². The van der Waals surface area contributed by atoms with Gasteiger partial charge in [-0.15, -0.1) is 0 Å². The fraction of sp³-hybridized carbons (Fsp3) is 0.182. The van der Waals surface area contributed by atoms with Gasteiger partial charge in [0, 0.05) is 17.8 Å². The van der Waals surface area contributed by atoms with Crippen LogP contribution in [0.25, 0.3) is 11.3 Å². The molecule has 1 aromatic carbocycles. The van der Waals surface area contributed by atoms with Crippen LogP contribution in [0, 0.1) is 0 Å². The summed E-state index contributed by atoms with van der Waals surface area (Å²) < 4.78 is 1.86. The SMILES string of the molecule is Cn1nc(CS)cc1-c1ccc(Cl)cc1. The van der Waals surface area contributed by atoms with Gasteiger partial charge in [0.15, 0.2) is 0 Å². The highest BCUT2D eigenvalue weighted by atomic mass is 35.5.